The van der Waals surface area contributed by atoms with Crippen LogP contribution in [0, 0.1) is 13.8 Å². The molecule has 0 aliphatic heterocycles. The van der Waals surface area contributed by atoms with Crippen LogP contribution >= 0.6 is 11.3 Å². The minimum Gasteiger partial charge on any atom is -0.504 e. The van der Waals surface area contributed by atoms with Gasteiger partial charge in [-0.3, -0.25) is 4.79 Å². The first-order chi connectivity index (χ1) is 12.3. The number of hydrogen-bond acceptors (Lipinski definition) is 5. The number of aliphatic hydroxyl groups is 1. The van der Waals surface area contributed by atoms with Gasteiger partial charge < -0.3 is 19.5 Å². The molecule has 26 heavy (non-hydrogen) atoms. The van der Waals surface area contributed by atoms with Crippen molar-refractivity contribution in [2.75, 3.05) is 14.1 Å². The number of thiophene rings is 1. The molecule has 0 unspecified atom stereocenters. The van der Waals surface area contributed by atoms with E-state index in [0.29, 0.717) is 29.6 Å². The molecule has 0 aromatic carbocycles. The van der Waals surface area contributed by atoms with Crippen molar-refractivity contribution < 1.29 is 15.0 Å². The molecule has 0 radical (unpaired) electrons. The number of aliphatic hydroxyl groups excluding tert-OH is 1. The lowest BCUT2D eigenvalue weighted by atomic mass is 10.00. The maximum absolute atomic E-state index is 12.7. The van der Waals surface area contributed by atoms with Crippen molar-refractivity contribution in [2.45, 2.75) is 32.8 Å². The van der Waals surface area contributed by atoms with Gasteiger partial charge in [0.1, 0.15) is 0 Å². The van der Waals surface area contributed by atoms with E-state index in [0.717, 1.165) is 16.3 Å². The number of rotatable bonds is 5. The molecule has 6 nitrogen and oxygen atoms in total. The van der Waals surface area contributed by atoms with E-state index in [1.165, 1.54) is 16.2 Å². The molecule has 7 heteroatoms. The molecule has 0 saturated carbocycles. The zero-order valence-corrected chi connectivity index (χ0v) is 16.2. The van der Waals surface area contributed by atoms with E-state index in [1.54, 1.807) is 24.7 Å². The highest BCUT2D eigenvalue weighted by Crippen LogP contribution is 2.32. The molecule has 2 N–H and O–H groups in total. The molecule has 3 rings (SSSR count). The molecule has 138 valence electrons. The summed E-state index contributed by atoms with van der Waals surface area (Å²) in [6, 6.07) is 3.77. The van der Waals surface area contributed by atoms with Crippen LogP contribution in [0.3, 0.4) is 0 Å². The third-order valence-corrected chi connectivity index (χ3v) is 5.62. The van der Waals surface area contributed by atoms with Crippen LogP contribution in [0.25, 0.3) is 5.65 Å². The van der Waals surface area contributed by atoms with Crippen molar-refractivity contribution in [3.8, 4) is 5.75 Å². The highest BCUT2D eigenvalue weighted by atomic mass is 32.1. The van der Waals surface area contributed by atoms with Crippen LogP contribution in [0.2, 0.25) is 0 Å². The molecular weight excluding hydrogens is 350 g/mol. The summed E-state index contributed by atoms with van der Waals surface area (Å²) >= 11 is 1.49. The van der Waals surface area contributed by atoms with Crippen molar-refractivity contribution in [3.05, 3.63) is 51.1 Å². The van der Waals surface area contributed by atoms with E-state index >= 15 is 0 Å². The predicted molar refractivity (Wildman–Crippen MR) is 102 cm³/mol. The van der Waals surface area contributed by atoms with Crippen molar-refractivity contribution in [1.82, 2.24) is 14.3 Å². The Labute approximate surface area is 156 Å². The molecule has 3 heterocycles. The maximum atomic E-state index is 12.7. The average Bonchev–Trinajstić information content (AvgIpc) is 3.23. The molecule has 0 fully saturated rings. The van der Waals surface area contributed by atoms with Gasteiger partial charge in [-0.25, -0.2) is 4.98 Å². The fraction of sp³-hybridized carbons (Fsp3) is 0.368. The molecule has 0 aliphatic carbocycles. The van der Waals surface area contributed by atoms with Crippen LogP contribution in [0.4, 0.5) is 0 Å². The second-order valence-electron chi connectivity index (χ2n) is 6.62. The number of carbonyl (C=O) groups excluding carboxylic acids is 1. The molecule has 1 atom stereocenters. The van der Waals surface area contributed by atoms with E-state index in [-0.39, 0.29) is 11.7 Å². The number of hydrogen-bond donors (Lipinski definition) is 2. The molecule has 3 aromatic rings. The Morgan fingerprint density at radius 3 is 2.73 bits per heavy atom. The topological polar surface area (TPSA) is 78.1 Å². The van der Waals surface area contributed by atoms with Crippen LogP contribution in [0.5, 0.6) is 5.75 Å². The number of aryl methyl sites for hydroxylation is 2. The zero-order valence-electron chi connectivity index (χ0n) is 15.4. The summed E-state index contributed by atoms with van der Waals surface area (Å²) in [7, 11) is 3.36. The first-order valence-corrected chi connectivity index (χ1v) is 9.32. The fourth-order valence-electron chi connectivity index (χ4n) is 3.00. The van der Waals surface area contributed by atoms with Crippen molar-refractivity contribution in [3.63, 3.8) is 0 Å². The summed E-state index contributed by atoms with van der Waals surface area (Å²) in [6.45, 7) is 3.77. The van der Waals surface area contributed by atoms with Gasteiger partial charge in [0, 0.05) is 36.4 Å². The Morgan fingerprint density at radius 2 is 2.12 bits per heavy atom. The largest absolute Gasteiger partial charge is 0.504 e. The Bertz CT molecular complexity index is 945. The molecule has 0 aliphatic rings. The third kappa shape index (κ3) is 3.20. The van der Waals surface area contributed by atoms with E-state index in [9.17, 15) is 15.0 Å². The number of amides is 1. The Hall–Kier alpha value is -2.38. The Morgan fingerprint density at radius 1 is 1.38 bits per heavy atom. The quantitative estimate of drug-likeness (QED) is 0.720. The van der Waals surface area contributed by atoms with Gasteiger partial charge in [-0.05, 0) is 38.1 Å². The van der Waals surface area contributed by atoms with Gasteiger partial charge >= 0.3 is 0 Å². The number of aromatic nitrogens is 2. The molecule has 0 spiro atoms. The summed E-state index contributed by atoms with van der Waals surface area (Å²) in [6.07, 6.45) is 1.90. The number of imidazole rings is 1. The monoisotopic (exact) mass is 373 g/mol. The Kier molecular flexibility index (Phi) is 5.02. The van der Waals surface area contributed by atoms with E-state index in [2.05, 4.69) is 4.98 Å². The highest BCUT2D eigenvalue weighted by Gasteiger charge is 2.23. The second kappa shape index (κ2) is 7.09. The smallest absolute Gasteiger partial charge is 0.255 e. The summed E-state index contributed by atoms with van der Waals surface area (Å²) in [5.41, 5.74) is 3.08. The van der Waals surface area contributed by atoms with Gasteiger partial charge in [0.15, 0.2) is 11.4 Å². The molecule has 0 bridgehead atoms. The number of fused-ring (bicyclic) bond motifs is 1. The Balaban J connectivity index is 2.05. The van der Waals surface area contributed by atoms with Crippen LogP contribution in [-0.2, 0) is 6.42 Å². The minimum atomic E-state index is -0.629. The maximum Gasteiger partial charge on any atom is 0.255 e. The average molecular weight is 373 g/mol. The molecular formula is C19H23N3O3S. The summed E-state index contributed by atoms with van der Waals surface area (Å²) in [5.74, 6) is -0.180. The summed E-state index contributed by atoms with van der Waals surface area (Å²) < 4.78 is 1.75. The lowest BCUT2D eigenvalue weighted by Crippen LogP contribution is -2.24. The van der Waals surface area contributed by atoms with Gasteiger partial charge in [0.2, 0.25) is 0 Å². The number of aromatic hydroxyl groups is 1. The summed E-state index contributed by atoms with van der Waals surface area (Å²) in [4.78, 5) is 19.5. The van der Waals surface area contributed by atoms with Crippen LogP contribution in [0.15, 0.2) is 23.7 Å². The van der Waals surface area contributed by atoms with E-state index < -0.39 is 6.10 Å². The van der Waals surface area contributed by atoms with Gasteiger partial charge in [0.05, 0.1) is 17.4 Å². The number of pyridine rings is 1. The second-order valence-corrected chi connectivity index (χ2v) is 7.59. The van der Waals surface area contributed by atoms with Crippen LogP contribution in [0.1, 0.15) is 44.7 Å². The van der Waals surface area contributed by atoms with Gasteiger partial charge in [0.25, 0.3) is 5.91 Å². The lowest BCUT2D eigenvalue weighted by molar-refractivity contribution is 0.0824. The van der Waals surface area contributed by atoms with Gasteiger partial charge in [-0.2, -0.15) is 0 Å². The van der Waals surface area contributed by atoms with Gasteiger partial charge in [-0.1, -0.05) is 6.07 Å². The molecule has 1 amide bonds. The summed E-state index contributed by atoms with van der Waals surface area (Å²) in [5, 5.41) is 23.1. The van der Waals surface area contributed by atoms with Crippen molar-refractivity contribution >= 4 is 22.9 Å². The normalized spacial score (nSPS) is 12.5. The van der Waals surface area contributed by atoms with Crippen molar-refractivity contribution in [2.24, 2.45) is 0 Å². The van der Waals surface area contributed by atoms with Crippen LogP contribution in [-0.4, -0.2) is 44.5 Å². The van der Waals surface area contributed by atoms with Crippen molar-refractivity contribution in [1.29, 1.82) is 0 Å². The first-order valence-electron chi connectivity index (χ1n) is 8.44. The fourth-order valence-corrected chi connectivity index (χ4v) is 3.75. The highest BCUT2D eigenvalue weighted by molar-refractivity contribution is 7.10. The van der Waals surface area contributed by atoms with Crippen LogP contribution < -0.4 is 0 Å². The SMILES string of the molecule is Cc1nc2c(O)c(CC[C@@H](O)c3cccs3)c(C(=O)N(C)C)cn2c1C. The number of nitrogens with zero attached hydrogens (tertiary/aromatic N) is 3. The standard InChI is InChI=1S/C19H23N3O3S/c1-11-12(2)22-10-14(19(25)21(3)4)13(17(24)18(22)20-11)7-8-15(23)16-6-5-9-26-16/h5-6,9-10,15,23-24H,7-8H2,1-4H3/t15-/m1/s1. The lowest BCUT2D eigenvalue weighted by Gasteiger charge is -2.17. The first kappa shape index (κ1) is 18.4. The zero-order chi connectivity index (χ0) is 19.0. The predicted octanol–water partition coefficient (Wildman–Crippen LogP) is 3.09. The third-order valence-electron chi connectivity index (χ3n) is 4.64. The van der Waals surface area contributed by atoms with Gasteiger partial charge in [-0.15, -0.1) is 11.3 Å². The minimum absolute atomic E-state index is 0.00674. The molecule has 3 aromatic heterocycles. The molecule has 0 saturated heterocycles. The van der Waals surface area contributed by atoms with E-state index in [1.807, 2.05) is 31.4 Å². The number of carbonyl (C=O) groups is 1. The van der Waals surface area contributed by atoms with E-state index in [4.69, 9.17) is 0 Å².